The fourth-order valence-corrected chi connectivity index (χ4v) is 2.11. The van der Waals surface area contributed by atoms with Crippen molar-refractivity contribution in [1.29, 1.82) is 0 Å². The summed E-state index contributed by atoms with van der Waals surface area (Å²) in [6, 6.07) is 10.2. The number of benzene rings is 2. The van der Waals surface area contributed by atoms with Crippen LogP contribution in [0.3, 0.4) is 0 Å². The van der Waals surface area contributed by atoms with Gasteiger partial charge in [-0.25, -0.2) is 4.39 Å². The molecular formula is C16H16ClFO2. The maximum atomic E-state index is 13.3. The highest BCUT2D eigenvalue weighted by molar-refractivity contribution is 6.31. The van der Waals surface area contributed by atoms with Crippen LogP contribution >= 0.6 is 11.6 Å². The van der Waals surface area contributed by atoms with Gasteiger partial charge in [-0.3, -0.25) is 0 Å². The summed E-state index contributed by atoms with van der Waals surface area (Å²) in [4.78, 5) is 0. The largest absolute Gasteiger partial charge is 0.488 e. The molecule has 20 heavy (non-hydrogen) atoms. The van der Waals surface area contributed by atoms with E-state index in [-0.39, 0.29) is 11.6 Å². The second-order valence-electron chi connectivity index (χ2n) is 4.72. The number of hydrogen-bond acceptors (Lipinski definition) is 2. The van der Waals surface area contributed by atoms with Crippen LogP contribution in [0, 0.1) is 12.7 Å². The molecule has 1 unspecified atom stereocenters. The number of ether oxygens (including phenoxy) is 1. The standard InChI is InChI=1S/C16H16ClFO2/c1-10-6-7-13(11(2)19)15(8-10)20-9-12-4-3-5-14(18)16(12)17/h3-8,11,19H,9H2,1-2H3. The summed E-state index contributed by atoms with van der Waals surface area (Å²) in [7, 11) is 0. The highest BCUT2D eigenvalue weighted by Gasteiger charge is 2.11. The number of halogens is 2. The van der Waals surface area contributed by atoms with Crippen molar-refractivity contribution in [2.45, 2.75) is 26.6 Å². The van der Waals surface area contributed by atoms with Crippen molar-refractivity contribution in [1.82, 2.24) is 0 Å². The van der Waals surface area contributed by atoms with Crippen molar-refractivity contribution in [2.75, 3.05) is 0 Å². The van der Waals surface area contributed by atoms with Gasteiger partial charge in [0.15, 0.2) is 0 Å². The summed E-state index contributed by atoms with van der Waals surface area (Å²) in [5.74, 6) is 0.119. The van der Waals surface area contributed by atoms with E-state index in [0.717, 1.165) is 5.56 Å². The molecule has 0 aliphatic rings. The van der Waals surface area contributed by atoms with Gasteiger partial charge in [-0.1, -0.05) is 35.9 Å². The monoisotopic (exact) mass is 294 g/mol. The third-order valence-corrected chi connectivity index (χ3v) is 3.46. The van der Waals surface area contributed by atoms with Crippen LogP contribution < -0.4 is 4.74 Å². The van der Waals surface area contributed by atoms with Crippen molar-refractivity contribution in [2.24, 2.45) is 0 Å². The molecule has 0 radical (unpaired) electrons. The van der Waals surface area contributed by atoms with Crippen molar-refractivity contribution in [3.63, 3.8) is 0 Å². The van der Waals surface area contributed by atoms with Gasteiger partial charge in [0, 0.05) is 11.1 Å². The summed E-state index contributed by atoms with van der Waals surface area (Å²) in [5, 5.41) is 9.79. The minimum absolute atomic E-state index is 0.0683. The molecular weight excluding hydrogens is 279 g/mol. The molecule has 0 aliphatic carbocycles. The molecule has 1 N–H and O–H groups in total. The molecule has 106 valence electrons. The molecule has 2 aromatic rings. The molecule has 0 saturated heterocycles. The van der Waals surface area contributed by atoms with Crippen LogP contribution in [0.5, 0.6) is 5.75 Å². The molecule has 2 nitrogen and oxygen atoms in total. The zero-order chi connectivity index (χ0) is 14.7. The van der Waals surface area contributed by atoms with Gasteiger partial charge in [-0.15, -0.1) is 0 Å². The topological polar surface area (TPSA) is 29.5 Å². The predicted molar refractivity (Wildman–Crippen MR) is 77.6 cm³/mol. The lowest BCUT2D eigenvalue weighted by molar-refractivity contribution is 0.190. The van der Waals surface area contributed by atoms with Crippen LogP contribution in [0.2, 0.25) is 5.02 Å². The molecule has 0 amide bonds. The normalized spacial score (nSPS) is 12.2. The van der Waals surface area contributed by atoms with Gasteiger partial charge < -0.3 is 9.84 Å². The minimum Gasteiger partial charge on any atom is -0.488 e. The van der Waals surface area contributed by atoms with E-state index in [1.54, 1.807) is 19.1 Å². The molecule has 2 rings (SSSR count). The molecule has 2 aromatic carbocycles. The van der Waals surface area contributed by atoms with Crippen molar-refractivity contribution in [3.05, 3.63) is 63.9 Å². The van der Waals surface area contributed by atoms with E-state index in [2.05, 4.69) is 0 Å². The van der Waals surface area contributed by atoms with Gasteiger partial charge in [0.2, 0.25) is 0 Å². The van der Waals surface area contributed by atoms with Gasteiger partial charge in [0.25, 0.3) is 0 Å². The van der Waals surface area contributed by atoms with Gasteiger partial charge in [0.1, 0.15) is 18.2 Å². The van der Waals surface area contributed by atoms with Crippen LogP contribution in [-0.2, 0) is 6.61 Å². The first-order valence-electron chi connectivity index (χ1n) is 6.33. The molecule has 0 spiro atoms. The Bertz CT molecular complexity index is 611. The van der Waals surface area contributed by atoms with E-state index in [9.17, 15) is 9.50 Å². The Kier molecular flexibility index (Phi) is 4.63. The summed E-state index contributed by atoms with van der Waals surface area (Å²) < 4.78 is 19.0. The van der Waals surface area contributed by atoms with Crippen LogP contribution in [0.15, 0.2) is 36.4 Å². The summed E-state index contributed by atoms with van der Waals surface area (Å²) in [5.41, 5.74) is 2.29. The smallest absolute Gasteiger partial charge is 0.142 e. The fraction of sp³-hybridized carbons (Fsp3) is 0.250. The number of aryl methyl sites for hydroxylation is 1. The predicted octanol–water partition coefficient (Wildman–Crippen LogP) is 4.42. The maximum absolute atomic E-state index is 13.3. The van der Waals surface area contributed by atoms with Gasteiger partial charge >= 0.3 is 0 Å². The van der Waals surface area contributed by atoms with E-state index in [1.807, 2.05) is 25.1 Å². The van der Waals surface area contributed by atoms with E-state index < -0.39 is 11.9 Å². The Labute approximate surface area is 122 Å². The summed E-state index contributed by atoms with van der Waals surface area (Å²) in [6.45, 7) is 3.76. The maximum Gasteiger partial charge on any atom is 0.142 e. The van der Waals surface area contributed by atoms with Crippen molar-refractivity contribution >= 4 is 11.6 Å². The first-order chi connectivity index (χ1) is 9.49. The van der Waals surface area contributed by atoms with Crippen LogP contribution in [0.1, 0.15) is 29.7 Å². The van der Waals surface area contributed by atoms with E-state index in [0.29, 0.717) is 16.9 Å². The first-order valence-corrected chi connectivity index (χ1v) is 6.71. The molecule has 0 fully saturated rings. The Morgan fingerprint density at radius 3 is 2.75 bits per heavy atom. The number of rotatable bonds is 4. The lowest BCUT2D eigenvalue weighted by Crippen LogP contribution is -2.02. The zero-order valence-corrected chi connectivity index (χ0v) is 12.1. The van der Waals surface area contributed by atoms with Crippen molar-refractivity contribution in [3.8, 4) is 5.75 Å². The lowest BCUT2D eigenvalue weighted by atomic mass is 10.1. The average molecular weight is 295 g/mol. The summed E-state index contributed by atoms with van der Waals surface area (Å²) in [6.07, 6.45) is -0.631. The van der Waals surface area contributed by atoms with E-state index in [4.69, 9.17) is 16.3 Å². The Hall–Kier alpha value is -1.58. The molecule has 4 heteroatoms. The third kappa shape index (κ3) is 3.30. The molecule has 1 atom stereocenters. The van der Waals surface area contributed by atoms with Crippen LogP contribution in [0.25, 0.3) is 0 Å². The lowest BCUT2D eigenvalue weighted by Gasteiger charge is -2.15. The van der Waals surface area contributed by atoms with E-state index >= 15 is 0 Å². The quantitative estimate of drug-likeness (QED) is 0.904. The molecule has 0 bridgehead atoms. The molecule has 0 saturated carbocycles. The minimum atomic E-state index is -0.631. The fourth-order valence-electron chi connectivity index (χ4n) is 1.93. The van der Waals surface area contributed by atoms with Gasteiger partial charge in [0.05, 0.1) is 11.1 Å². The number of hydrogen-bond donors (Lipinski definition) is 1. The summed E-state index contributed by atoms with van der Waals surface area (Å²) >= 11 is 5.89. The van der Waals surface area contributed by atoms with Crippen molar-refractivity contribution < 1.29 is 14.2 Å². The highest BCUT2D eigenvalue weighted by atomic mass is 35.5. The van der Waals surface area contributed by atoms with Crippen LogP contribution in [0.4, 0.5) is 4.39 Å². The van der Waals surface area contributed by atoms with Crippen LogP contribution in [-0.4, -0.2) is 5.11 Å². The Morgan fingerprint density at radius 2 is 2.05 bits per heavy atom. The first kappa shape index (κ1) is 14.8. The SMILES string of the molecule is Cc1ccc(C(C)O)c(OCc2cccc(F)c2Cl)c1. The second kappa shape index (κ2) is 6.25. The number of aliphatic hydroxyl groups is 1. The molecule has 0 heterocycles. The average Bonchev–Trinajstić information content (AvgIpc) is 2.40. The molecule has 0 aliphatic heterocycles. The third-order valence-electron chi connectivity index (χ3n) is 3.03. The van der Waals surface area contributed by atoms with Gasteiger partial charge in [-0.05, 0) is 31.5 Å². The molecule has 0 aromatic heterocycles. The Morgan fingerprint density at radius 1 is 1.30 bits per heavy atom. The zero-order valence-electron chi connectivity index (χ0n) is 11.4. The van der Waals surface area contributed by atoms with Gasteiger partial charge in [-0.2, -0.15) is 0 Å². The number of aliphatic hydroxyl groups excluding tert-OH is 1. The van der Waals surface area contributed by atoms with E-state index in [1.165, 1.54) is 6.07 Å². The Balaban J connectivity index is 2.22. The highest BCUT2D eigenvalue weighted by Crippen LogP contribution is 2.28. The second-order valence-corrected chi connectivity index (χ2v) is 5.10.